The fourth-order valence-corrected chi connectivity index (χ4v) is 2.54. The number of primary amides is 1. The van der Waals surface area contributed by atoms with Crippen LogP contribution in [0.1, 0.15) is 38.3 Å². The number of nitrogens with two attached hydrogens (primary N) is 1. The fraction of sp³-hybridized carbons (Fsp3) is 0.364. The van der Waals surface area contributed by atoms with Crippen LogP contribution in [0.25, 0.3) is 0 Å². The van der Waals surface area contributed by atoms with Gasteiger partial charge in [0.15, 0.2) is 11.5 Å². The second-order valence-corrected chi connectivity index (χ2v) is 7.47. The van der Waals surface area contributed by atoms with Crippen LogP contribution in [0.15, 0.2) is 47.6 Å². The summed E-state index contributed by atoms with van der Waals surface area (Å²) in [6.45, 7) is 7.61. The number of hydrazone groups is 1. The van der Waals surface area contributed by atoms with E-state index in [2.05, 4.69) is 43.4 Å². The van der Waals surface area contributed by atoms with Crippen molar-refractivity contribution in [2.45, 2.75) is 32.6 Å². The molecule has 7 nitrogen and oxygen atoms in total. The molecule has 0 aliphatic heterocycles. The Hall–Kier alpha value is -3.22. The average molecular weight is 399 g/mol. The van der Waals surface area contributed by atoms with Crippen molar-refractivity contribution in [3.8, 4) is 17.2 Å². The van der Waals surface area contributed by atoms with E-state index in [1.165, 1.54) is 11.8 Å². The summed E-state index contributed by atoms with van der Waals surface area (Å²) in [4.78, 5) is 10.6. The van der Waals surface area contributed by atoms with Crippen LogP contribution < -0.4 is 25.4 Å². The molecule has 0 atom stereocenters. The topological polar surface area (TPSA) is 95.2 Å². The molecular weight excluding hydrogens is 370 g/mol. The maximum Gasteiger partial charge on any atom is 0.332 e. The van der Waals surface area contributed by atoms with E-state index in [0.29, 0.717) is 24.7 Å². The van der Waals surface area contributed by atoms with E-state index < -0.39 is 6.03 Å². The minimum absolute atomic E-state index is 0.130. The summed E-state index contributed by atoms with van der Waals surface area (Å²) in [5.41, 5.74) is 9.25. The molecule has 0 saturated heterocycles. The van der Waals surface area contributed by atoms with Crippen LogP contribution in [0.4, 0.5) is 4.79 Å². The van der Waals surface area contributed by atoms with Crippen LogP contribution in [0, 0.1) is 0 Å². The zero-order valence-corrected chi connectivity index (χ0v) is 17.4. The molecule has 2 amide bonds. The minimum atomic E-state index is -0.722. The van der Waals surface area contributed by atoms with Crippen molar-refractivity contribution in [3.63, 3.8) is 0 Å². The Morgan fingerprint density at radius 1 is 1.07 bits per heavy atom. The van der Waals surface area contributed by atoms with Gasteiger partial charge in [-0.3, -0.25) is 0 Å². The van der Waals surface area contributed by atoms with Gasteiger partial charge in [0, 0.05) is 6.42 Å². The number of hydrogen-bond donors (Lipinski definition) is 2. The number of hydrogen-bond acceptors (Lipinski definition) is 5. The first kappa shape index (κ1) is 22.1. The van der Waals surface area contributed by atoms with E-state index in [9.17, 15) is 4.79 Å². The molecule has 0 fully saturated rings. The number of benzene rings is 2. The normalized spacial score (nSPS) is 11.3. The van der Waals surface area contributed by atoms with Crippen molar-refractivity contribution in [1.29, 1.82) is 0 Å². The first-order chi connectivity index (χ1) is 13.8. The first-order valence-corrected chi connectivity index (χ1v) is 9.42. The van der Waals surface area contributed by atoms with Crippen molar-refractivity contribution in [2.75, 3.05) is 20.3 Å². The lowest BCUT2D eigenvalue weighted by atomic mass is 9.87. The zero-order valence-electron chi connectivity index (χ0n) is 17.4. The summed E-state index contributed by atoms with van der Waals surface area (Å²) in [6.07, 6.45) is 2.20. The van der Waals surface area contributed by atoms with Gasteiger partial charge in [0.05, 0.1) is 26.5 Å². The Morgan fingerprint density at radius 3 is 2.38 bits per heavy atom. The summed E-state index contributed by atoms with van der Waals surface area (Å²) in [7, 11) is 1.56. The predicted molar refractivity (Wildman–Crippen MR) is 114 cm³/mol. The summed E-state index contributed by atoms with van der Waals surface area (Å²) in [6, 6.07) is 12.8. The summed E-state index contributed by atoms with van der Waals surface area (Å²) < 4.78 is 16.9. The molecule has 0 radical (unpaired) electrons. The molecule has 0 saturated carbocycles. The molecule has 156 valence electrons. The van der Waals surface area contributed by atoms with Gasteiger partial charge in [-0.2, -0.15) is 5.10 Å². The van der Waals surface area contributed by atoms with E-state index in [1.54, 1.807) is 25.3 Å². The Balaban J connectivity index is 1.79. The van der Waals surface area contributed by atoms with Crippen molar-refractivity contribution in [3.05, 3.63) is 53.6 Å². The molecule has 2 aromatic rings. The van der Waals surface area contributed by atoms with Crippen LogP contribution in [0.5, 0.6) is 17.2 Å². The van der Waals surface area contributed by atoms with E-state index >= 15 is 0 Å². The molecule has 0 aliphatic rings. The maximum atomic E-state index is 10.6. The van der Waals surface area contributed by atoms with E-state index in [1.807, 2.05) is 12.1 Å². The van der Waals surface area contributed by atoms with Gasteiger partial charge >= 0.3 is 6.03 Å². The standard InChI is InChI=1S/C22H29N3O4/c1-22(2,3)17-7-9-18(10-8-17)28-12-5-13-29-19-11-6-16(14-20(19)27-4)15-24-25-21(23)26/h6-11,14-15H,5,12-13H2,1-4H3,(H3,23,25,26)/b24-15-. The second kappa shape index (κ2) is 10.4. The molecule has 3 N–H and O–H groups in total. The molecule has 0 aliphatic carbocycles. The molecule has 2 aromatic carbocycles. The van der Waals surface area contributed by atoms with Crippen LogP contribution in [-0.4, -0.2) is 32.6 Å². The predicted octanol–water partition coefficient (Wildman–Crippen LogP) is 3.84. The molecular formula is C22H29N3O4. The quantitative estimate of drug-likeness (QED) is 0.380. The number of carbonyl (C=O) groups is 1. The number of urea groups is 1. The smallest absolute Gasteiger partial charge is 0.332 e. The Labute approximate surface area is 171 Å². The number of carbonyl (C=O) groups excluding carboxylic acids is 1. The molecule has 0 spiro atoms. The lowest BCUT2D eigenvalue weighted by Crippen LogP contribution is -2.24. The largest absolute Gasteiger partial charge is 0.493 e. The lowest BCUT2D eigenvalue weighted by molar-refractivity contribution is 0.240. The minimum Gasteiger partial charge on any atom is -0.493 e. The lowest BCUT2D eigenvalue weighted by Gasteiger charge is -2.19. The number of nitrogens with zero attached hydrogens (tertiary/aromatic N) is 1. The number of amides is 2. The number of nitrogens with one attached hydrogen (secondary N) is 1. The van der Waals surface area contributed by atoms with E-state index in [0.717, 1.165) is 17.7 Å². The highest BCUT2D eigenvalue weighted by atomic mass is 16.5. The molecule has 0 unspecified atom stereocenters. The van der Waals surface area contributed by atoms with E-state index in [-0.39, 0.29) is 5.41 Å². The Kier molecular flexibility index (Phi) is 7.88. The maximum absolute atomic E-state index is 10.6. The highest BCUT2D eigenvalue weighted by Gasteiger charge is 2.13. The van der Waals surface area contributed by atoms with Crippen LogP contribution in [0.2, 0.25) is 0 Å². The summed E-state index contributed by atoms with van der Waals surface area (Å²) >= 11 is 0. The monoisotopic (exact) mass is 399 g/mol. The second-order valence-electron chi connectivity index (χ2n) is 7.47. The van der Waals surface area contributed by atoms with Crippen LogP contribution in [-0.2, 0) is 5.41 Å². The number of ether oxygens (including phenoxy) is 3. The van der Waals surface area contributed by atoms with Gasteiger partial charge in [0.25, 0.3) is 0 Å². The molecule has 2 rings (SSSR count). The average Bonchev–Trinajstić information content (AvgIpc) is 2.67. The summed E-state index contributed by atoms with van der Waals surface area (Å²) in [5, 5.41) is 3.72. The third-order valence-electron chi connectivity index (χ3n) is 4.11. The summed E-state index contributed by atoms with van der Waals surface area (Å²) in [5.74, 6) is 2.05. The van der Waals surface area contributed by atoms with Gasteiger partial charge in [-0.1, -0.05) is 32.9 Å². The molecule has 29 heavy (non-hydrogen) atoms. The van der Waals surface area contributed by atoms with Crippen molar-refractivity contribution in [1.82, 2.24) is 5.43 Å². The van der Waals surface area contributed by atoms with Gasteiger partial charge in [-0.15, -0.1) is 0 Å². The third-order valence-corrected chi connectivity index (χ3v) is 4.11. The number of rotatable bonds is 9. The van der Waals surface area contributed by atoms with E-state index in [4.69, 9.17) is 19.9 Å². The molecule has 0 heterocycles. The number of methoxy groups -OCH3 is 1. The van der Waals surface area contributed by atoms with Gasteiger partial charge in [0.1, 0.15) is 5.75 Å². The third kappa shape index (κ3) is 7.37. The van der Waals surface area contributed by atoms with Crippen LogP contribution >= 0.6 is 0 Å². The SMILES string of the molecule is COc1cc(/C=N\NC(N)=O)ccc1OCCCOc1ccc(C(C)(C)C)cc1. The van der Waals surface area contributed by atoms with Crippen molar-refractivity contribution < 1.29 is 19.0 Å². The first-order valence-electron chi connectivity index (χ1n) is 9.42. The van der Waals surface area contributed by atoms with Gasteiger partial charge in [-0.25, -0.2) is 10.2 Å². The van der Waals surface area contributed by atoms with Gasteiger partial charge < -0.3 is 19.9 Å². The van der Waals surface area contributed by atoms with Crippen molar-refractivity contribution in [2.24, 2.45) is 10.8 Å². The Morgan fingerprint density at radius 2 is 1.76 bits per heavy atom. The molecule has 0 bridgehead atoms. The fourth-order valence-electron chi connectivity index (χ4n) is 2.54. The van der Waals surface area contributed by atoms with Crippen molar-refractivity contribution >= 4 is 12.2 Å². The Bertz CT molecular complexity index is 827. The zero-order chi connectivity index (χ0) is 21.3. The van der Waals surface area contributed by atoms with Crippen LogP contribution in [0.3, 0.4) is 0 Å². The van der Waals surface area contributed by atoms with Gasteiger partial charge in [0.2, 0.25) is 0 Å². The molecule has 0 aromatic heterocycles. The highest BCUT2D eigenvalue weighted by Crippen LogP contribution is 2.28. The highest BCUT2D eigenvalue weighted by molar-refractivity contribution is 5.82. The molecule has 7 heteroatoms. The van der Waals surface area contributed by atoms with Gasteiger partial charge in [-0.05, 0) is 46.9 Å².